The van der Waals surface area contributed by atoms with Crippen LogP contribution in [0.15, 0.2) is 10.7 Å². The van der Waals surface area contributed by atoms with E-state index in [1.165, 1.54) is 12.8 Å². The summed E-state index contributed by atoms with van der Waals surface area (Å²) in [5.41, 5.74) is 1.15. The minimum Gasteiger partial charge on any atom is -0.340 e. The molecule has 0 saturated heterocycles. The second-order valence-electron chi connectivity index (χ2n) is 4.65. The van der Waals surface area contributed by atoms with Gasteiger partial charge in [0.2, 0.25) is 5.91 Å². The summed E-state index contributed by atoms with van der Waals surface area (Å²) < 4.78 is 2.64. The van der Waals surface area contributed by atoms with Gasteiger partial charge in [-0.25, -0.2) is 0 Å². The molecule has 0 unspecified atom stereocenters. The summed E-state index contributed by atoms with van der Waals surface area (Å²) in [6.45, 7) is 2.19. The molecule has 1 aliphatic heterocycles. The van der Waals surface area contributed by atoms with Gasteiger partial charge in [0.25, 0.3) is 0 Å². The normalized spacial score (nSPS) is 20.8. The molecule has 0 atom stereocenters. The van der Waals surface area contributed by atoms with E-state index < -0.39 is 0 Å². The Morgan fingerprint density at radius 2 is 2.31 bits per heavy atom. The summed E-state index contributed by atoms with van der Waals surface area (Å²) in [6.07, 6.45) is 3.50. The van der Waals surface area contributed by atoms with Gasteiger partial charge in [-0.2, -0.15) is 5.10 Å². The van der Waals surface area contributed by atoms with Crippen molar-refractivity contribution in [3.05, 3.63) is 16.4 Å². The largest absolute Gasteiger partial charge is 0.340 e. The summed E-state index contributed by atoms with van der Waals surface area (Å²) in [5.74, 6) is 0.974. The third-order valence-electron chi connectivity index (χ3n) is 3.28. The average Bonchev–Trinajstić information content (AvgIpc) is 2.99. The monoisotopic (exact) mass is 283 g/mol. The van der Waals surface area contributed by atoms with Crippen LogP contribution >= 0.6 is 15.9 Å². The van der Waals surface area contributed by atoms with Crippen molar-refractivity contribution in [2.75, 3.05) is 13.1 Å². The van der Waals surface area contributed by atoms with E-state index in [-0.39, 0.29) is 5.91 Å². The highest BCUT2D eigenvalue weighted by molar-refractivity contribution is 9.10. The maximum absolute atomic E-state index is 12.0. The third-order valence-corrected chi connectivity index (χ3v) is 3.67. The number of rotatable bonds is 2. The molecule has 0 radical (unpaired) electrons. The molecule has 1 amide bonds. The molecule has 16 heavy (non-hydrogen) atoms. The van der Waals surface area contributed by atoms with Crippen molar-refractivity contribution in [3.63, 3.8) is 0 Å². The number of amides is 1. The Hall–Kier alpha value is -0.840. The van der Waals surface area contributed by atoms with Crippen LogP contribution in [0.2, 0.25) is 0 Å². The molecule has 0 N–H and O–H groups in total. The molecule has 5 heteroatoms. The number of aromatic nitrogens is 2. The summed E-state index contributed by atoms with van der Waals surface area (Å²) >= 11 is 3.35. The Balaban J connectivity index is 1.76. The van der Waals surface area contributed by atoms with Gasteiger partial charge >= 0.3 is 0 Å². The van der Waals surface area contributed by atoms with Gasteiger partial charge < -0.3 is 4.90 Å². The fourth-order valence-electron chi connectivity index (χ4n) is 2.17. The summed E-state index contributed by atoms with van der Waals surface area (Å²) in [5, 5.41) is 4.28. The van der Waals surface area contributed by atoms with E-state index in [4.69, 9.17) is 0 Å². The molecular weight excluding hydrogens is 270 g/mol. The van der Waals surface area contributed by atoms with Crippen LogP contribution in [0.5, 0.6) is 0 Å². The highest BCUT2D eigenvalue weighted by atomic mass is 79.9. The van der Waals surface area contributed by atoms with Crippen LogP contribution in [0, 0.1) is 5.92 Å². The molecule has 3 rings (SSSR count). The first kappa shape index (κ1) is 10.3. The Labute approximate surface area is 103 Å². The van der Waals surface area contributed by atoms with Crippen LogP contribution in [0.4, 0.5) is 0 Å². The lowest BCUT2D eigenvalue weighted by Crippen LogP contribution is -2.34. The highest BCUT2D eigenvalue weighted by Gasteiger charge is 2.28. The number of nitrogens with zero attached hydrogens (tertiary/aromatic N) is 3. The molecule has 1 aromatic rings. The van der Waals surface area contributed by atoms with E-state index in [1.54, 1.807) is 0 Å². The maximum Gasteiger partial charge on any atom is 0.244 e. The highest BCUT2D eigenvalue weighted by Crippen LogP contribution is 2.30. The van der Waals surface area contributed by atoms with Crippen molar-refractivity contribution in [3.8, 4) is 0 Å². The van der Waals surface area contributed by atoms with Crippen LogP contribution in [-0.4, -0.2) is 33.7 Å². The second-order valence-corrected chi connectivity index (χ2v) is 5.46. The van der Waals surface area contributed by atoms with Crippen molar-refractivity contribution in [2.24, 2.45) is 5.92 Å². The zero-order chi connectivity index (χ0) is 11.1. The zero-order valence-corrected chi connectivity index (χ0v) is 10.6. The maximum atomic E-state index is 12.0. The van der Waals surface area contributed by atoms with Gasteiger partial charge in [-0.1, -0.05) is 0 Å². The molecule has 1 aromatic heterocycles. The van der Waals surface area contributed by atoms with Gasteiger partial charge in [0, 0.05) is 25.2 Å². The van der Waals surface area contributed by atoms with E-state index in [1.807, 2.05) is 15.6 Å². The van der Waals surface area contributed by atoms with E-state index in [2.05, 4.69) is 21.0 Å². The Kier molecular flexibility index (Phi) is 2.50. The van der Waals surface area contributed by atoms with Crippen molar-refractivity contribution in [2.45, 2.75) is 25.8 Å². The van der Waals surface area contributed by atoms with E-state index in [0.29, 0.717) is 6.54 Å². The minimum atomic E-state index is 0.209. The molecule has 1 saturated carbocycles. The lowest BCUT2D eigenvalue weighted by Gasteiger charge is -2.19. The summed E-state index contributed by atoms with van der Waals surface area (Å²) in [7, 11) is 0. The Bertz CT molecular complexity index is 425. The molecule has 4 nitrogen and oxygen atoms in total. The Morgan fingerprint density at radius 1 is 1.50 bits per heavy atom. The van der Waals surface area contributed by atoms with Crippen LogP contribution in [0.3, 0.4) is 0 Å². The molecule has 2 aliphatic rings. The smallest absolute Gasteiger partial charge is 0.244 e. The van der Waals surface area contributed by atoms with Crippen LogP contribution in [-0.2, 0) is 17.8 Å². The second kappa shape index (κ2) is 3.87. The van der Waals surface area contributed by atoms with Crippen LogP contribution in [0.25, 0.3) is 0 Å². The first-order valence-corrected chi connectivity index (χ1v) is 6.51. The number of hydrogen-bond acceptors (Lipinski definition) is 2. The van der Waals surface area contributed by atoms with Gasteiger partial charge in [-0.05, 0) is 40.8 Å². The standard InChI is InChI=1S/C11H14BrN3O/c12-10-5-9-3-4-14(6-8-1-2-8)11(16)7-15(9)13-10/h5,8H,1-4,6-7H2. The average molecular weight is 284 g/mol. The van der Waals surface area contributed by atoms with Gasteiger partial charge in [0.1, 0.15) is 11.1 Å². The molecule has 2 heterocycles. The van der Waals surface area contributed by atoms with Gasteiger partial charge in [-0.15, -0.1) is 0 Å². The van der Waals surface area contributed by atoms with E-state index >= 15 is 0 Å². The molecule has 0 bridgehead atoms. The summed E-state index contributed by atoms with van der Waals surface area (Å²) in [4.78, 5) is 14.0. The molecule has 0 aromatic carbocycles. The zero-order valence-electron chi connectivity index (χ0n) is 9.03. The number of carbonyl (C=O) groups is 1. The number of carbonyl (C=O) groups excluding carboxylic acids is 1. The minimum absolute atomic E-state index is 0.209. The van der Waals surface area contributed by atoms with E-state index in [0.717, 1.165) is 35.7 Å². The van der Waals surface area contributed by atoms with Crippen molar-refractivity contribution in [1.82, 2.24) is 14.7 Å². The predicted octanol–water partition coefficient (Wildman–Crippen LogP) is 1.44. The molecule has 0 spiro atoms. The predicted molar refractivity (Wildman–Crippen MR) is 62.9 cm³/mol. The van der Waals surface area contributed by atoms with Crippen LogP contribution in [0.1, 0.15) is 18.5 Å². The van der Waals surface area contributed by atoms with Crippen molar-refractivity contribution >= 4 is 21.8 Å². The van der Waals surface area contributed by atoms with Gasteiger partial charge in [0.05, 0.1) is 0 Å². The van der Waals surface area contributed by atoms with E-state index in [9.17, 15) is 4.79 Å². The van der Waals surface area contributed by atoms with Gasteiger partial charge in [0.15, 0.2) is 0 Å². The SMILES string of the molecule is O=C1Cn2nc(Br)cc2CCN1CC1CC1. The first-order valence-electron chi connectivity index (χ1n) is 5.72. The number of halogens is 1. The Morgan fingerprint density at radius 3 is 3.06 bits per heavy atom. The summed E-state index contributed by atoms with van der Waals surface area (Å²) in [6, 6.07) is 2.01. The molecular formula is C11H14BrN3O. The lowest BCUT2D eigenvalue weighted by molar-refractivity contribution is -0.131. The quantitative estimate of drug-likeness (QED) is 0.824. The van der Waals surface area contributed by atoms with Crippen molar-refractivity contribution in [1.29, 1.82) is 0 Å². The molecule has 86 valence electrons. The third kappa shape index (κ3) is 2.00. The molecule has 1 fully saturated rings. The topological polar surface area (TPSA) is 38.1 Å². The van der Waals surface area contributed by atoms with Gasteiger partial charge in [-0.3, -0.25) is 9.48 Å². The van der Waals surface area contributed by atoms with Crippen LogP contribution < -0.4 is 0 Å². The number of hydrogen-bond donors (Lipinski definition) is 0. The fourth-order valence-corrected chi connectivity index (χ4v) is 2.62. The number of fused-ring (bicyclic) bond motifs is 1. The molecule has 1 aliphatic carbocycles. The fraction of sp³-hybridized carbons (Fsp3) is 0.636. The van der Waals surface area contributed by atoms with Crippen molar-refractivity contribution < 1.29 is 4.79 Å². The lowest BCUT2D eigenvalue weighted by atomic mass is 10.3. The first-order chi connectivity index (χ1) is 7.72.